The molecule has 0 spiro atoms. The predicted octanol–water partition coefficient (Wildman–Crippen LogP) is 4.88. The second-order valence-electron chi connectivity index (χ2n) is 6.49. The fraction of sp³-hybridized carbons (Fsp3) is 0.300. The maximum Gasteiger partial charge on any atom is 0.335 e. The van der Waals surface area contributed by atoms with Crippen molar-refractivity contribution in [2.45, 2.75) is 39.5 Å². The van der Waals surface area contributed by atoms with Crippen LogP contribution in [0.15, 0.2) is 42.5 Å². The molecule has 0 bridgehead atoms. The van der Waals surface area contributed by atoms with Gasteiger partial charge in [-0.25, -0.2) is 4.79 Å². The van der Waals surface area contributed by atoms with Gasteiger partial charge in [-0.15, -0.1) is 0 Å². The zero-order chi connectivity index (χ0) is 17.9. The van der Waals surface area contributed by atoms with Crippen molar-refractivity contribution >= 4 is 17.6 Å². The third kappa shape index (κ3) is 4.02. The average molecular weight is 325 g/mol. The van der Waals surface area contributed by atoms with E-state index in [4.69, 9.17) is 5.11 Å². The summed E-state index contributed by atoms with van der Waals surface area (Å²) in [5.74, 6) is -0.443. The Morgan fingerprint density at radius 2 is 1.38 bits per heavy atom. The summed E-state index contributed by atoms with van der Waals surface area (Å²) in [5, 5.41) is 11.7. The van der Waals surface area contributed by atoms with E-state index >= 15 is 0 Å². The molecule has 4 heteroatoms. The topological polar surface area (TPSA) is 66.4 Å². The molecule has 0 heterocycles. The molecule has 2 rings (SSSR count). The number of carboxylic acids is 1. The molecule has 0 fully saturated rings. The van der Waals surface area contributed by atoms with Gasteiger partial charge in [-0.2, -0.15) is 0 Å². The number of carbonyl (C=O) groups excluding carboxylic acids is 1. The third-order valence-corrected chi connectivity index (χ3v) is 3.98. The molecule has 126 valence electrons. The summed E-state index contributed by atoms with van der Waals surface area (Å²) in [6.07, 6.45) is 0. The maximum atomic E-state index is 12.5. The van der Waals surface area contributed by atoms with Crippen molar-refractivity contribution in [3.8, 4) is 0 Å². The minimum Gasteiger partial charge on any atom is -0.478 e. The molecule has 4 nitrogen and oxygen atoms in total. The number of benzene rings is 2. The molecule has 0 atom stereocenters. The molecule has 0 radical (unpaired) electrons. The predicted molar refractivity (Wildman–Crippen MR) is 96.0 cm³/mol. The number of hydrogen-bond acceptors (Lipinski definition) is 2. The van der Waals surface area contributed by atoms with Crippen molar-refractivity contribution in [3.05, 3.63) is 64.7 Å². The smallest absolute Gasteiger partial charge is 0.335 e. The quantitative estimate of drug-likeness (QED) is 0.823. The van der Waals surface area contributed by atoms with Crippen LogP contribution in [0.25, 0.3) is 0 Å². The second-order valence-corrected chi connectivity index (χ2v) is 6.49. The van der Waals surface area contributed by atoms with Crippen molar-refractivity contribution in [2.75, 3.05) is 5.32 Å². The number of carbonyl (C=O) groups is 2. The van der Waals surface area contributed by atoms with Gasteiger partial charge in [-0.1, -0.05) is 33.8 Å². The van der Waals surface area contributed by atoms with Crippen LogP contribution in [-0.4, -0.2) is 17.0 Å². The van der Waals surface area contributed by atoms with Crippen LogP contribution in [0.4, 0.5) is 5.69 Å². The van der Waals surface area contributed by atoms with Gasteiger partial charge in [0.15, 0.2) is 0 Å². The molecule has 0 unspecified atom stereocenters. The van der Waals surface area contributed by atoms with E-state index in [1.54, 1.807) is 12.1 Å². The van der Waals surface area contributed by atoms with Crippen LogP contribution in [0.5, 0.6) is 0 Å². The number of aromatic carboxylic acids is 1. The lowest BCUT2D eigenvalue weighted by atomic mass is 9.89. The van der Waals surface area contributed by atoms with Gasteiger partial charge in [0.2, 0.25) is 0 Å². The second kappa shape index (κ2) is 7.30. The Hall–Kier alpha value is -2.62. The van der Waals surface area contributed by atoms with Crippen LogP contribution in [-0.2, 0) is 0 Å². The van der Waals surface area contributed by atoms with E-state index in [1.165, 1.54) is 23.3 Å². The van der Waals surface area contributed by atoms with Gasteiger partial charge in [0.25, 0.3) is 5.91 Å². The van der Waals surface area contributed by atoms with Gasteiger partial charge in [0.05, 0.1) is 5.56 Å². The number of amides is 1. The van der Waals surface area contributed by atoms with E-state index in [1.807, 2.05) is 18.2 Å². The van der Waals surface area contributed by atoms with Gasteiger partial charge >= 0.3 is 5.97 Å². The van der Waals surface area contributed by atoms with E-state index in [0.717, 1.165) is 0 Å². The molecule has 0 aliphatic carbocycles. The lowest BCUT2D eigenvalue weighted by Gasteiger charge is -2.17. The van der Waals surface area contributed by atoms with Crippen LogP contribution in [0.1, 0.15) is 71.4 Å². The van der Waals surface area contributed by atoms with Gasteiger partial charge < -0.3 is 10.4 Å². The Labute approximate surface area is 142 Å². The summed E-state index contributed by atoms with van der Waals surface area (Å²) in [7, 11) is 0. The van der Waals surface area contributed by atoms with Crippen LogP contribution in [0.3, 0.4) is 0 Å². The highest BCUT2D eigenvalue weighted by molar-refractivity contribution is 6.04. The lowest BCUT2D eigenvalue weighted by Crippen LogP contribution is -2.13. The van der Waals surface area contributed by atoms with Crippen LogP contribution >= 0.6 is 0 Å². The van der Waals surface area contributed by atoms with Crippen molar-refractivity contribution in [1.29, 1.82) is 0 Å². The van der Waals surface area contributed by atoms with Crippen molar-refractivity contribution in [2.24, 2.45) is 0 Å². The Balaban J connectivity index is 2.23. The number of nitrogens with one attached hydrogen (secondary N) is 1. The zero-order valence-electron chi connectivity index (χ0n) is 14.5. The van der Waals surface area contributed by atoms with Crippen LogP contribution in [0, 0.1) is 0 Å². The highest BCUT2D eigenvalue weighted by Crippen LogP contribution is 2.27. The summed E-state index contributed by atoms with van der Waals surface area (Å²) < 4.78 is 0. The summed E-state index contributed by atoms with van der Waals surface area (Å²) >= 11 is 0. The Kier molecular flexibility index (Phi) is 5.39. The lowest BCUT2D eigenvalue weighted by molar-refractivity contribution is 0.0696. The molecule has 24 heavy (non-hydrogen) atoms. The normalized spacial score (nSPS) is 10.9. The van der Waals surface area contributed by atoms with Crippen molar-refractivity contribution < 1.29 is 14.7 Å². The Morgan fingerprint density at radius 3 is 1.88 bits per heavy atom. The Morgan fingerprint density at radius 1 is 0.833 bits per heavy atom. The third-order valence-electron chi connectivity index (χ3n) is 3.98. The molecule has 2 aromatic rings. The molecule has 0 saturated heterocycles. The minimum absolute atomic E-state index is 0.191. The first-order chi connectivity index (χ1) is 11.3. The van der Waals surface area contributed by atoms with Gasteiger partial charge in [-0.05, 0) is 59.4 Å². The highest BCUT2D eigenvalue weighted by atomic mass is 16.4. The minimum atomic E-state index is -0.987. The monoisotopic (exact) mass is 325 g/mol. The first-order valence-corrected chi connectivity index (χ1v) is 8.08. The van der Waals surface area contributed by atoms with E-state index in [2.05, 4.69) is 33.0 Å². The van der Waals surface area contributed by atoms with Gasteiger partial charge in [0.1, 0.15) is 0 Å². The van der Waals surface area contributed by atoms with Crippen LogP contribution in [0.2, 0.25) is 0 Å². The van der Waals surface area contributed by atoms with Crippen molar-refractivity contribution in [1.82, 2.24) is 0 Å². The molecule has 2 N–H and O–H groups in total. The first kappa shape index (κ1) is 17.7. The van der Waals surface area contributed by atoms with Crippen molar-refractivity contribution in [3.63, 3.8) is 0 Å². The molecule has 2 aromatic carbocycles. The first-order valence-electron chi connectivity index (χ1n) is 8.08. The van der Waals surface area contributed by atoms with E-state index in [0.29, 0.717) is 23.1 Å². The number of carboxylic acid groups (broad SMARTS) is 1. The summed E-state index contributed by atoms with van der Waals surface area (Å²) in [6.45, 7) is 8.52. The summed E-state index contributed by atoms with van der Waals surface area (Å²) in [6, 6.07) is 11.9. The fourth-order valence-corrected chi connectivity index (χ4v) is 2.64. The molecule has 1 amide bonds. The number of hydrogen-bond donors (Lipinski definition) is 2. The fourth-order valence-electron chi connectivity index (χ4n) is 2.64. The average Bonchev–Trinajstić information content (AvgIpc) is 2.54. The maximum absolute atomic E-state index is 12.5. The molecule has 0 aliphatic heterocycles. The van der Waals surface area contributed by atoms with Crippen LogP contribution < -0.4 is 5.32 Å². The van der Waals surface area contributed by atoms with E-state index < -0.39 is 5.97 Å². The molecular formula is C20H23NO3. The Bertz CT molecular complexity index is 746. The highest BCUT2D eigenvalue weighted by Gasteiger charge is 2.14. The molecule has 0 saturated carbocycles. The number of rotatable bonds is 5. The largest absolute Gasteiger partial charge is 0.478 e. The molecular weight excluding hydrogens is 302 g/mol. The standard InChI is InChI=1S/C20H23NO3/c1-12(2)17-10-7-15(11-18(17)13(3)4)19(22)21-16-8-5-14(6-9-16)20(23)24/h5-13H,1-4H3,(H,21,22)(H,23,24). The van der Waals surface area contributed by atoms with Gasteiger partial charge in [0, 0.05) is 11.3 Å². The SMILES string of the molecule is CC(C)c1ccc(C(=O)Nc2ccc(C(=O)O)cc2)cc1C(C)C. The van der Waals surface area contributed by atoms with Gasteiger partial charge in [-0.3, -0.25) is 4.79 Å². The molecule has 0 aromatic heterocycles. The van der Waals surface area contributed by atoms with E-state index in [9.17, 15) is 9.59 Å². The summed E-state index contributed by atoms with van der Waals surface area (Å²) in [4.78, 5) is 23.3. The zero-order valence-corrected chi connectivity index (χ0v) is 14.5. The van der Waals surface area contributed by atoms with E-state index in [-0.39, 0.29) is 11.5 Å². The number of anilines is 1. The molecule has 0 aliphatic rings. The summed E-state index contributed by atoms with van der Waals surface area (Å²) in [5.41, 5.74) is 3.80.